The fourth-order valence-corrected chi connectivity index (χ4v) is 2.08. The Balaban J connectivity index is 2.86. The molecule has 0 heterocycles. The fourth-order valence-electron chi connectivity index (χ4n) is 1.70. The van der Waals surface area contributed by atoms with Gasteiger partial charge in [-0.05, 0) is 38.1 Å². The number of nitrogens with one attached hydrogen (secondary N) is 1. The molecule has 1 N–H and O–H groups in total. The lowest BCUT2D eigenvalue weighted by Gasteiger charge is -2.21. The van der Waals surface area contributed by atoms with Crippen LogP contribution >= 0.6 is 15.9 Å². The molecule has 7 heteroatoms. The summed E-state index contributed by atoms with van der Waals surface area (Å²) in [4.78, 5) is 0. The van der Waals surface area contributed by atoms with Crippen LogP contribution in [0.25, 0.3) is 0 Å². The van der Waals surface area contributed by atoms with Crippen molar-refractivity contribution >= 4 is 15.9 Å². The number of hydrogen-bond donors (Lipinski definition) is 1. The van der Waals surface area contributed by atoms with E-state index >= 15 is 0 Å². The second-order valence-corrected chi connectivity index (χ2v) is 5.62. The van der Waals surface area contributed by atoms with E-state index in [9.17, 15) is 17.6 Å². The van der Waals surface area contributed by atoms with Gasteiger partial charge in [0.25, 0.3) is 0 Å². The average molecular weight is 372 g/mol. The summed E-state index contributed by atoms with van der Waals surface area (Å²) < 4.78 is 55.9. The van der Waals surface area contributed by atoms with E-state index in [1.165, 1.54) is 6.07 Å². The molecular weight excluding hydrogens is 354 g/mol. The van der Waals surface area contributed by atoms with Gasteiger partial charge in [0, 0.05) is 16.1 Å². The number of benzene rings is 1. The molecule has 0 radical (unpaired) electrons. The summed E-state index contributed by atoms with van der Waals surface area (Å²) in [5.41, 5.74) is 0.642. The molecule has 0 bridgehead atoms. The summed E-state index contributed by atoms with van der Waals surface area (Å²) >= 11 is 3.30. The van der Waals surface area contributed by atoms with Gasteiger partial charge in [-0.3, -0.25) is 0 Å². The van der Waals surface area contributed by atoms with Gasteiger partial charge in [0.15, 0.2) is 6.61 Å². The van der Waals surface area contributed by atoms with Gasteiger partial charge in [-0.25, -0.2) is 8.78 Å². The van der Waals surface area contributed by atoms with Crippen molar-refractivity contribution < 1.29 is 22.3 Å². The molecule has 0 aliphatic heterocycles. The molecule has 1 rings (SSSR count). The van der Waals surface area contributed by atoms with Crippen molar-refractivity contribution in [3.05, 3.63) is 28.2 Å². The molecule has 120 valence electrons. The van der Waals surface area contributed by atoms with Gasteiger partial charge in [-0.1, -0.05) is 22.9 Å². The van der Waals surface area contributed by atoms with Crippen molar-refractivity contribution in [3.8, 4) is 5.75 Å². The Morgan fingerprint density at radius 3 is 2.57 bits per heavy atom. The van der Waals surface area contributed by atoms with E-state index < -0.39 is 19.0 Å². The predicted molar refractivity (Wildman–Crippen MR) is 77.3 cm³/mol. The first-order valence-electron chi connectivity index (χ1n) is 6.59. The fraction of sp³-hybridized carbons (Fsp3) is 0.571. The maximum absolute atomic E-state index is 12.9. The Labute approximate surface area is 130 Å². The summed E-state index contributed by atoms with van der Waals surface area (Å²) in [5.74, 6) is -3.99. The minimum Gasteiger partial charge on any atom is -0.487 e. The van der Waals surface area contributed by atoms with Crippen molar-refractivity contribution in [2.24, 2.45) is 0 Å². The minimum atomic E-state index is -4.16. The number of alkyl halides is 4. The Hall–Kier alpha value is -0.820. The Bertz CT molecular complexity index is 457. The zero-order chi connectivity index (χ0) is 16.0. The third kappa shape index (κ3) is 5.47. The van der Waals surface area contributed by atoms with E-state index in [0.29, 0.717) is 5.56 Å². The lowest BCUT2D eigenvalue weighted by molar-refractivity contribution is -0.148. The predicted octanol–water partition coefficient (Wildman–Crippen LogP) is 4.79. The number of hydrogen-bond acceptors (Lipinski definition) is 2. The van der Waals surface area contributed by atoms with E-state index in [1.807, 2.05) is 13.8 Å². The Morgan fingerprint density at radius 1 is 1.33 bits per heavy atom. The molecule has 0 aromatic heterocycles. The third-order valence-electron chi connectivity index (χ3n) is 2.88. The second kappa shape index (κ2) is 7.98. The highest BCUT2D eigenvalue weighted by molar-refractivity contribution is 9.10. The third-order valence-corrected chi connectivity index (χ3v) is 3.37. The molecule has 1 aromatic rings. The molecule has 0 fully saturated rings. The first-order valence-corrected chi connectivity index (χ1v) is 7.38. The molecule has 2 nitrogen and oxygen atoms in total. The summed E-state index contributed by atoms with van der Waals surface area (Å²) in [6.45, 7) is 3.26. The highest BCUT2D eigenvalue weighted by atomic mass is 79.9. The molecule has 0 saturated heterocycles. The summed E-state index contributed by atoms with van der Waals surface area (Å²) in [7, 11) is 0. The maximum atomic E-state index is 12.9. The van der Waals surface area contributed by atoms with Gasteiger partial charge in [0.1, 0.15) is 5.75 Å². The minimum absolute atomic E-state index is 0.141. The van der Waals surface area contributed by atoms with Crippen LogP contribution in [0, 0.1) is 0 Å². The van der Waals surface area contributed by atoms with Crippen molar-refractivity contribution in [3.63, 3.8) is 0 Å². The quantitative estimate of drug-likeness (QED) is 0.663. The zero-order valence-electron chi connectivity index (χ0n) is 11.8. The van der Waals surface area contributed by atoms with Gasteiger partial charge < -0.3 is 10.1 Å². The summed E-state index contributed by atoms with van der Waals surface area (Å²) in [6, 6.07) is 4.69. The summed E-state index contributed by atoms with van der Waals surface area (Å²) in [6.07, 6.45) is -2.83. The highest BCUT2D eigenvalue weighted by Crippen LogP contribution is 2.31. The standard InChI is InChI=1S/C14H18BrF4NO/c1-3-6-20-9(2)11-7-10(15)4-5-12(11)21-8-14(18,19)13(16)17/h4-5,7,9,13,20H,3,6,8H2,1-2H3. The van der Waals surface area contributed by atoms with Crippen LogP contribution in [0.5, 0.6) is 5.75 Å². The molecule has 0 aliphatic carbocycles. The van der Waals surface area contributed by atoms with Gasteiger partial charge in [-0.2, -0.15) is 8.78 Å². The maximum Gasteiger partial charge on any atom is 0.340 e. The van der Waals surface area contributed by atoms with Crippen LogP contribution in [-0.4, -0.2) is 25.5 Å². The second-order valence-electron chi connectivity index (χ2n) is 4.71. The van der Waals surface area contributed by atoms with E-state index in [-0.39, 0.29) is 11.8 Å². The van der Waals surface area contributed by atoms with Crippen LogP contribution in [0.1, 0.15) is 31.9 Å². The Morgan fingerprint density at radius 2 is 2.00 bits per heavy atom. The van der Waals surface area contributed by atoms with Crippen molar-refractivity contribution in [1.82, 2.24) is 5.32 Å². The van der Waals surface area contributed by atoms with Crippen LogP contribution in [0.2, 0.25) is 0 Å². The van der Waals surface area contributed by atoms with Gasteiger partial charge in [-0.15, -0.1) is 0 Å². The summed E-state index contributed by atoms with van der Waals surface area (Å²) in [5, 5.41) is 3.20. The van der Waals surface area contributed by atoms with E-state index in [0.717, 1.165) is 17.4 Å². The SMILES string of the molecule is CCCNC(C)c1cc(Br)ccc1OCC(F)(F)C(F)F. The first kappa shape index (κ1) is 18.2. The average Bonchev–Trinajstić information content (AvgIpc) is 2.43. The number of halogens is 5. The zero-order valence-corrected chi connectivity index (χ0v) is 13.4. The lowest BCUT2D eigenvalue weighted by Crippen LogP contribution is -2.34. The molecule has 1 aromatic carbocycles. The Kier molecular flexibility index (Phi) is 6.93. The van der Waals surface area contributed by atoms with Crippen molar-refractivity contribution in [2.75, 3.05) is 13.2 Å². The molecule has 0 amide bonds. The normalized spacial score (nSPS) is 13.5. The first-order chi connectivity index (χ1) is 9.77. The van der Waals surface area contributed by atoms with Crippen LogP contribution in [-0.2, 0) is 0 Å². The van der Waals surface area contributed by atoms with Gasteiger partial charge in [0.2, 0.25) is 0 Å². The van der Waals surface area contributed by atoms with Crippen molar-refractivity contribution in [1.29, 1.82) is 0 Å². The van der Waals surface area contributed by atoms with Crippen molar-refractivity contribution in [2.45, 2.75) is 38.7 Å². The van der Waals surface area contributed by atoms with Crippen LogP contribution in [0.4, 0.5) is 17.6 Å². The highest BCUT2D eigenvalue weighted by Gasteiger charge is 2.41. The van der Waals surface area contributed by atoms with Gasteiger partial charge >= 0.3 is 12.3 Å². The van der Waals surface area contributed by atoms with Gasteiger partial charge in [0.05, 0.1) is 0 Å². The smallest absolute Gasteiger partial charge is 0.340 e. The number of rotatable bonds is 8. The van der Waals surface area contributed by atoms with E-state index in [1.54, 1.807) is 12.1 Å². The molecule has 1 atom stereocenters. The largest absolute Gasteiger partial charge is 0.487 e. The molecule has 0 spiro atoms. The lowest BCUT2D eigenvalue weighted by atomic mass is 10.1. The molecule has 0 saturated carbocycles. The van der Waals surface area contributed by atoms with E-state index in [2.05, 4.69) is 21.2 Å². The topological polar surface area (TPSA) is 21.3 Å². The van der Waals surface area contributed by atoms with Crippen LogP contribution in [0.15, 0.2) is 22.7 Å². The van der Waals surface area contributed by atoms with Crippen LogP contribution < -0.4 is 10.1 Å². The van der Waals surface area contributed by atoms with Crippen LogP contribution in [0.3, 0.4) is 0 Å². The number of ether oxygens (including phenoxy) is 1. The van der Waals surface area contributed by atoms with E-state index in [4.69, 9.17) is 4.74 Å². The monoisotopic (exact) mass is 371 g/mol. The molecule has 0 aliphatic rings. The molecule has 21 heavy (non-hydrogen) atoms. The molecule has 1 unspecified atom stereocenters. The molecular formula is C14H18BrF4NO.